The molecule has 0 saturated carbocycles. The smallest absolute Gasteiger partial charge is 0.387 e. The molecule has 7 nitrogen and oxygen atoms in total. The number of nitrogens with one attached hydrogen (secondary N) is 2. The van der Waals surface area contributed by atoms with Crippen molar-refractivity contribution in [3.8, 4) is 11.5 Å². The predicted octanol–water partition coefficient (Wildman–Crippen LogP) is 2.36. The van der Waals surface area contributed by atoms with Crippen LogP contribution in [0.4, 0.5) is 8.78 Å². The molecule has 1 unspecified atom stereocenters. The molecule has 0 aromatic heterocycles. The Morgan fingerprint density at radius 2 is 2.00 bits per heavy atom. The van der Waals surface area contributed by atoms with Gasteiger partial charge in [0.25, 0.3) is 0 Å². The molecule has 3 fully saturated rings. The first-order valence-electron chi connectivity index (χ1n) is 10.2. The highest BCUT2D eigenvalue weighted by atomic mass is 127. The number of hydrogen-bond acceptors (Lipinski definition) is 5. The number of rotatable bonds is 9. The molecule has 10 heteroatoms. The topological polar surface area (TPSA) is 61.4 Å². The van der Waals surface area contributed by atoms with Crippen LogP contribution < -0.4 is 20.1 Å². The monoisotopic (exact) mass is 539 g/mol. The molecule has 170 valence electrons. The second-order valence-corrected chi connectivity index (χ2v) is 7.29. The second-order valence-electron chi connectivity index (χ2n) is 7.29. The van der Waals surface area contributed by atoms with Crippen molar-refractivity contribution in [3.63, 3.8) is 0 Å². The largest absolute Gasteiger partial charge is 0.493 e. The zero-order chi connectivity index (χ0) is 20.6. The normalized spacial score (nSPS) is 23.1. The SMILES string of the molecule is CCCOc1ccc(CNC(=NC)NCC2CN3CCN2CC3)c(OC(F)F)c1.I. The molecular formula is C20H32F2IN5O2. The Hall–Kier alpha value is -1.40. The van der Waals surface area contributed by atoms with Crippen LogP contribution in [0.15, 0.2) is 23.2 Å². The van der Waals surface area contributed by atoms with Gasteiger partial charge in [0.05, 0.1) is 6.61 Å². The molecule has 0 spiro atoms. The molecule has 3 aliphatic heterocycles. The summed E-state index contributed by atoms with van der Waals surface area (Å²) in [4.78, 5) is 9.24. The summed E-state index contributed by atoms with van der Waals surface area (Å²) >= 11 is 0. The highest BCUT2D eigenvalue weighted by Gasteiger charge is 2.31. The number of benzene rings is 1. The van der Waals surface area contributed by atoms with Gasteiger partial charge in [0, 0.05) is 70.5 Å². The third-order valence-corrected chi connectivity index (χ3v) is 5.29. The van der Waals surface area contributed by atoms with Crippen molar-refractivity contribution in [2.24, 2.45) is 4.99 Å². The van der Waals surface area contributed by atoms with E-state index in [-0.39, 0.29) is 29.7 Å². The quantitative estimate of drug-likeness (QED) is 0.286. The van der Waals surface area contributed by atoms with Crippen LogP contribution >= 0.6 is 24.0 Å². The summed E-state index contributed by atoms with van der Waals surface area (Å²) in [5.74, 6) is 1.27. The molecule has 1 atom stereocenters. The molecule has 3 aliphatic rings. The fourth-order valence-corrected chi connectivity index (χ4v) is 3.73. The van der Waals surface area contributed by atoms with E-state index in [0.717, 1.165) is 45.7 Å². The molecule has 30 heavy (non-hydrogen) atoms. The molecule has 2 N–H and O–H groups in total. The molecule has 1 aromatic carbocycles. The van der Waals surface area contributed by atoms with Crippen LogP contribution in [0.2, 0.25) is 0 Å². The van der Waals surface area contributed by atoms with Gasteiger partial charge in [-0.1, -0.05) is 6.92 Å². The van der Waals surface area contributed by atoms with Crippen molar-refractivity contribution >= 4 is 29.9 Å². The molecule has 0 aliphatic carbocycles. The van der Waals surface area contributed by atoms with Gasteiger partial charge >= 0.3 is 6.61 Å². The molecule has 1 aromatic rings. The number of ether oxygens (including phenoxy) is 2. The van der Waals surface area contributed by atoms with E-state index in [1.54, 1.807) is 19.2 Å². The summed E-state index contributed by atoms with van der Waals surface area (Å²) in [5.41, 5.74) is 0.615. The second kappa shape index (κ2) is 12.5. The lowest BCUT2D eigenvalue weighted by molar-refractivity contribution is -0.0505. The van der Waals surface area contributed by atoms with Gasteiger partial charge in [0.1, 0.15) is 11.5 Å². The van der Waals surface area contributed by atoms with Crippen molar-refractivity contribution in [1.29, 1.82) is 0 Å². The highest BCUT2D eigenvalue weighted by molar-refractivity contribution is 14.0. The Balaban J connectivity index is 0.00000320. The van der Waals surface area contributed by atoms with E-state index >= 15 is 0 Å². The van der Waals surface area contributed by atoms with Gasteiger partial charge in [0.2, 0.25) is 0 Å². The van der Waals surface area contributed by atoms with Crippen LogP contribution in [0.3, 0.4) is 0 Å². The number of hydrogen-bond donors (Lipinski definition) is 2. The van der Waals surface area contributed by atoms with Crippen molar-refractivity contribution in [1.82, 2.24) is 20.4 Å². The number of nitrogens with zero attached hydrogens (tertiary/aromatic N) is 3. The van der Waals surface area contributed by atoms with Crippen LogP contribution in [-0.2, 0) is 6.54 Å². The van der Waals surface area contributed by atoms with Crippen molar-refractivity contribution in [2.45, 2.75) is 32.5 Å². The zero-order valence-electron chi connectivity index (χ0n) is 17.6. The molecule has 3 heterocycles. The van der Waals surface area contributed by atoms with Gasteiger partial charge in [-0.05, 0) is 18.6 Å². The number of fused-ring (bicyclic) bond motifs is 3. The molecule has 0 radical (unpaired) electrons. The first-order valence-corrected chi connectivity index (χ1v) is 10.2. The Morgan fingerprint density at radius 1 is 1.23 bits per heavy atom. The molecular weight excluding hydrogens is 507 g/mol. The van der Waals surface area contributed by atoms with E-state index in [1.165, 1.54) is 6.07 Å². The van der Waals surface area contributed by atoms with Crippen molar-refractivity contribution in [3.05, 3.63) is 23.8 Å². The maximum Gasteiger partial charge on any atom is 0.387 e. The first kappa shape index (κ1) is 24.9. The number of guanidine groups is 1. The van der Waals surface area contributed by atoms with Gasteiger partial charge < -0.3 is 20.1 Å². The third kappa shape index (κ3) is 7.09. The summed E-state index contributed by atoms with van der Waals surface area (Å²) in [5, 5.41) is 6.54. The van der Waals surface area contributed by atoms with Crippen LogP contribution in [-0.4, -0.2) is 81.3 Å². The average molecular weight is 539 g/mol. The predicted molar refractivity (Wildman–Crippen MR) is 124 cm³/mol. The number of piperazine rings is 3. The average Bonchev–Trinajstić information content (AvgIpc) is 2.74. The van der Waals surface area contributed by atoms with Gasteiger partial charge in [-0.15, -0.1) is 24.0 Å². The van der Waals surface area contributed by atoms with Crippen molar-refractivity contribution in [2.75, 3.05) is 52.9 Å². The zero-order valence-corrected chi connectivity index (χ0v) is 19.9. The highest BCUT2D eigenvalue weighted by Crippen LogP contribution is 2.26. The summed E-state index contributed by atoms with van der Waals surface area (Å²) < 4.78 is 35.9. The van der Waals surface area contributed by atoms with E-state index in [2.05, 4.69) is 25.4 Å². The minimum Gasteiger partial charge on any atom is -0.493 e. The van der Waals surface area contributed by atoms with Crippen LogP contribution in [0.1, 0.15) is 18.9 Å². The maximum atomic E-state index is 12.8. The Morgan fingerprint density at radius 3 is 2.60 bits per heavy atom. The van der Waals surface area contributed by atoms with Crippen molar-refractivity contribution < 1.29 is 18.3 Å². The van der Waals surface area contributed by atoms with Gasteiger partial charge in [0.15, 0.2) is 5.96 Å². The van der Waals surface area contributed by atoms with Gasteiger partial charge in [-0.25, -0.2) is 0 Å². The number of halogens is 3. The van der Waals surface area contributed by atoms with Gasteiger partial charge in [-0.3, -0.25) is 14.8 Å². The summed E-state index contributed by atoms with van der Waals surface area (Å²) in [7, 11) is 1.70. The number of aliphatic imine (C=N–C) groups is 1. The molecule has 2 bridgehead atoms. The molecule has 4 rings (SSSR count). The number of alkyl halides is 2. The standard InChI is InChI=1S/C20H31F2N5O2.HI/c1-3-10-28-17-5-4-15(18(11-17)29-19(21)22)12-24-20(23-2)25-13-16-14-26-6-8-27(16)9-7-26;/h4-5,11,16,19H,3,6-10,12-14H2,1-2H3,(H2,23,24,25);1H. The van der Waals surface area contributed by atoms with E-state index in [4.69, 9.17) is 9.47 Å². The van der Waals surface area contributed by atoms with Crippen LogP contribution in [0.5, 0.6) is 11.5 Å². The minimum atomic E-state index is -2.89. The summed E-state index contributed by atoms with van der Waals surface area (Å²) in [6, 6.07) is 5.47. The first-order chi connectivity index (χ1) is 14.1. The fraction of sp³-hybridized carbons (Fsp3) is 0.650. The van der Waals surface area contributed by atoms with Crippen LogP contribution in [0.25, 0.3) is 0 Å². The third-order valence-electron chi connectivity index (χ3n) is 5.29. The lowest BCUT2D eigenvalue weighted by Gasteiger charge is -2.47. The van der Waals surface area contributed by atoms with Crippen LogP contribution in [0, 0.1) is 0 Å². The summed E-state index contributed by atoms with van der Waals surface area (Å²) in [6.45, 7) is 6.31. The molecule has 3 saturated heterocycles. The minimum absolute atomic E-state index is 0. The van der Waals surface area contributed by atoms with E-state index in [0.29, 0.717) is 36.5 Å². The van der Waals surface area contributed by atoms with E-state index < -0.39 is 6.61 Å². The fourth-order valence-electron chi connectivity index (χ4n) is 3.73. The van der Waals surface area contributed by atoms with Gasteiger partial charge in [-0.2, -0.15) is 8.78 Å². The van der Waals surface area contributed by atoms with E-state index in [9.17, 15) is 8.78 Å². The van der Waals surface area contributed by atoms with E-state index in [1.807, 2.05) is 6.92 Å². The lowest BCUT2D eigenvalue weighted by Crippen LogP contribution is -2.63. The Kier molecular flexibility index (Phi) is 10.3. The molecule has 0 amide bonds. The maximum absolute atomic E-state index is 12.8. The Labute approximate surface area is 194 Å². The Bertz CT molecular complexity index is 687. The summed E-state index contributed by atoms with van der Waals surface area (Å²) in [6.07, 6.45) is 0.840. The lowest BCUT2D eigenvalue weighted by atomic mass is 10.1.